The fourth-order valence-electron chi connectivity index (χ4n) is 2.09. The van der Waals surface area contributed by atoms with Crippen molar-refractivity contribution in [2.75, 3.05) is 26.0 Å². The topological polar surface area (TPSA) is 83.9 Å². The molecule has 7 heteroatoms. The van der Waals surface area contributed by atoms with Crippen molar-refractivity contribution in [3.05, 3.63) is 0 Å². The lowest BCUT2D eigenvalue weighted by atomic mass is 10.0. The number of carboxylic acids is 1. The molecular formula is C10H19NO5S. The van der Waals surface area contributed by atoms with Gasteiger partial charge in [0.1, 0.15) is 6.04 Å². The highest BCUT2D eigenvalue weighted by Crippen LogP contribution is 2.27. The maximum Gasteiger partial charge on any atom is 0.322 e. The van der Waals surface area contributed by atoms with Gasteiger partial charge in [0, 0.05) is 20.3 Å². The third-order valence-corrected chi connectivity index (χ3v) is 4.94. The molecule has 0 bridgehead atoms. The van der Waals surface area contributed by atoms with Crippen LogP contribution in [0.1, 0.15) is 19.8 Å². The summed E-state index contributed by atoms with van der Waals surface area (Å²) in [4.78, 5) is 11.1. The summed E-state index contributed by atoms with van der Waals surface area (Å²) in [6, 6.07) is -0.914. The van der Waals surface area contributed by atoms with Gasteiger partial charge in [-0.05, 0) is 18.8 Å². The molecule has 2 unspecified atom stereocenters. The van der Waals surface area contributed by atoms with Crippen LogP contribution in [0.5, 0.6) is 0 Å². The number of rotatable bonds is 6. The SMILES string of the molecule is COCCCS(=O)(=O)N1CCC(C)C1C(=O)O. The molecule has 0 saturated carbocycles. The number of hydrogen-bond acceptors (Lipinski definition) is 4. The summed E-state index contributed by atoms with van der Waals surface area (Å²) >= 11 is 0. The molecule has 100 valence electrons. The second-order valence-electron chi connectivity index (χ2n) is 4.32. The Labute approximate surface area is 102 Å². The molecule has 2 atom stereocenters. The Kier molecular flexibility index (Phi) is 4.91. The van der Waals surface area contributed by atoms with Gasteiger partial charge in [-0.25, -0.2) is 8.42 Å². The predicted octanol–water partition coefficient (Wildman–Crippen LogP) is 0.148. The Bertz CT molecular complexity index is 367. The van der Waals surface area contributed by atoms with Crippen LogP contribution >= 0.6 is 0 Å². The Balaban J connectivity index is 2.73. The number of nitrogens with zero attached hydrogens (tertiary/aromatic N) is 1. The number of sulfonamides is 1. The molecule has 1 fully saturated rings. The van der Waals surface area contributed by atoms with Gasteiger partial charge in [0.15, 0.2) is 0 Å². The minimum absolute atomic E-state index is 0.0582. The van der Waals surface area contributed by atoms with Crippen LogP contribution in [0.15, 0.2) is 0 Å². The molecule has 6 nitrogen and oxygen atoms in total. The fourth-order valence-corrected chi connectivity index (χ4v) is 3.84. The van der Waals surface area contributed by atoms with E-state index in [1.807, 2.05) is 0 Å². The molecular weight excluding hydrogens is 246 g/mol. The second-order valence-corrected chi connectivity index (χ2v) is 6.36. The molecule has 0 aliphatic carbocycles. The lowest BCUT2D eigenvalue weighted by Gasteiger charge is -2.22. The van der Waals surface area contributed by atoms with Crippen LogP contribution in [0, 0.1) is 5.92 Å². The smallest absolute Gasteiger partial charge is 0.322 e. The molecule has 1 N–H and O–H groups in total. The molecule has 1 heterocycles. The van der Waals surface area contributed by atoms with E-state index in [2.05, 4.69) is 0 Å². The van der Waals surface area contributed by atoms with E-state index >= 15 is 0 Å². The van der Waals surface area contributed by atoms with E-state index in [0.717, 1.165) is 4.31 Å². The van der Waals surface area contributed by atoms with Crippen molar-refractivity contribution < 1.29 is 23.1 Å². The summed E-state index contributed by atoms with van der Waals surface area (Å²) in [5.41, 5.74) is 0. The number of methoxy groups -OCH3 is 1. The summed E-state index contributed by atoms with van der Waals surface area (Å²) in [6.07, 6.45) is 0.983. The van der Waals surface area contributed by atoms with Gasteiger partial charge in [0.05, 0.1) is 5.75 Å². The first kappa shape index (κ1) is 14.4. The van der Waals surface area contributed by atoms with Gasteiger partial charge < -0.3 is 9.84 Å². The van der Waals surface area contributed by atoms with Gasteiger partial charge in [0.25, 0.3) is 0 Å². The predicted molar refractivity (Wildman–Crippen MR) is 62.2 cm³/mol. The Morgan fingerprint density at radius 3 is 2.71 bits per heavy atom. The van der Waals surface area contributed by atoms with Crippen LogP contribution < -0.4 is 0 Å². The van der Waals surface area contributed by atoms with Crippen molar-refractivity contribution >= 4 is 16.0 Å². The first-order valence-electron chi connectivity index (χ1n) is 5.61. The average molecular weight is 265 g/mol. The van der Waals surface area contributed by atoms with Crippen LogP contribution in [-0.2, 0) is 19.6 Å². The van der Waals surface area contributed by atoms with E-state index in [-0.39, 0.29) is 11.7 Å². The van der Waals surface area contributed by atoms with Crippen LogP contribution in [0.25, 0.3) is 0 Å². The summed E-state index contributed by atoms with van der Waals surface area (Å²) in [6.45, 7) is 2.43. The summed E-state index contributed by atoms with van der Waals surface area (Å²) in [7, 11) is -1.98. The zero-order valence-corrected chi connectivity index (χ0v) is 10.9. The highest BCUT2D eigenvalue weighted by molar-refractivity contribution is 7.89. The number of aliphatic carboxylic acids is 1. The number of ether oxygens (including phenoxy) is 1. The molecule has 1 aliphatic rings. The van der Waals surface area contributed by atoms with Gasteiger partial charge in [-0.1, -0.05) is 6.92 Å². The van der Waals surface area contributed by atoms with Crippen molar-refractivity contribution in [1.29, 1.82) is 0 Å². The lowest BCUT2D eigenvalue weighted by molar-refractivity contribution is -0.141. The number of carboxylic acid groups (broad SMARTS) is 1. The Morgan fingerprint density at radius 1 is 1.53 bits per heavy atom. The van der Waals surface area contributed by atoms with E-state index < -0.39 is 22.0 Å². The number of hydrogen-bond donors (Lipinski definition) is 1. The fraction of sp³-hybridized carbons (Fsp3) is 0.900. The summed E-state index contributed by atoms with van der Waals surface area (Å²) < 4.78 is 29.9. The maximum absolute atomic E-state index is 12.0. The average Bonchev–Trinajstić information content (AvgIpc) is 2.61. The molecule has 0 amide bonds. The van der Waals surface area contributed by atoms with Crippen molar-refractivity contribution in [3.63, 3.8) is 0 Å². The van der Waals surface area contributed by atoms with Gasteiger partial charge in [0.2, 0.25) is 10.0 Å². The van der Waals surface area contributed by atoms with Crippen LogP contribution in [0.2, 0.25) is 0 Å². The molecule has 0 radical (unpaired) electrons. The maximum atomic E-state index is 12.0. The van der Waals surface area contributed by atoms with Crippen LogP contribution in [-0.4, -0.2) is 55.9 Å². The van der Waals surface area contributed by atoms with Crippen molar-refractivity contribution in [1.82, 2.24) is 4.31 Å². The highest BCUT2D eigenvalue weighted by atomic mass is 32.2. The van der Waals surface area contributed by atoms with Gasteiger partial charge in [-0.15, -0.1) is 0 Å². The molecule has 1 rings (SSSR count). The standard InChI is InChI=1S/C10H19NO5S/c1-8-4-5-11(9(8)10(12)13)17(14,15)7-3-6-16-2/h8-9H,3-7H2,1-2H3,(H,12,13). The second kappa shape index (κ2) is 5.79. The largest absolute Gasteiger partial charge is 0.480 e. The van der Waals surface area contributed by atoms with E-state index in [0.29, 0.717) is 26.0 Å². The zero-order valence-electron chi connectivity index (χ0n) is 10.1. The summed E-state index contributed by atoms with van der Waals surface area (Å²) in [5, 5.41) is 9.06. The van der Waals surface area contributed by atoms with Crippen LogP contribution in [0.4, 0.5) is 0 Å². The van der Waals surface area contributed by atoms with Gasteiger partial charge >= 0.3 is 5.97 Å². The zero-order chi connectivity index (χ0) is 13.1. The third kappa shape index (κ3) is 3.40. The first-order valence-corrected chi connectivity index (χ1v) is 7.22. The van der Waals surface area contributed by atoms with E-state index in [1.165, 1.54) is 7.11 Å². The normalized spacial score (nSPS) is 26.2. The Hall–Kier alpha value is -0.660. The first-order chi connectivity index (χ1) is 7.90. The quantitative estimate of drug-likeness (QED) is 0.691. The molecule has 0 aromatic rings. The van der Waals surface area contributed by atoms with E-state index in [9.17, 15) is 13.2 Å². The molecule has 1 saturated heterocycles. The van der Waals surface area contributed by atoms with Crippen molar-refractivity contribution in [2.45, 2.75) is 25.8 Å². The summed E-state index contributed by atoms with van der Waals surface area (Å²) in [5.74, 6) is -1.26. The van der Waals surface area contributed by atoms with Crippen molar-refractivity contribution in [3.8, 4) is 0 Å². The minimum Gasteiger partial charge on any atom is -0.480 e. The lowest BCUT2D eigenvalue weighted by Crippen LogP contribution is -2.43. The minimum atomic E-state index is -3.49. The Morgan fingerprint density at radius 2 is 2.18 bits per heavy atom. The van der Waals surface area contributed by atoms with E-state index in [1.54, 1.807) is 6.92 Å². The van der Waals surface area contributed by atoms with Gasteiger partial charge in [-0.2, -0.15) is 4.31 Å². The molecule has 0 aromatic heterocycles. The third-order valence-electron chi connectivity index (χ3n) is 3.02. The van der Waals surface area contributed by atoms with Crippen molar-refractivity contribution in [2.24, 2.45) is 5.92 Å². The van der Waals surface area contributed by atoms with Crippen LogP contribution in [0.3, 0.4) is 0 Å². The molecule has 17 heavy (non-hydrogen) atoms. The van der Waals surface area contributed by atoms with Gasteiger partial charge in [-0.3, -0.25) is 4.79 Å². The molecule has 0 aromatic carbocycles. The monoisotopic (exact) mass is 265 g/mol. The molecule has 1 aliphatic heterocycles. The number of carbonyl (C=O) groups is 1. The molecule has 0 spiro atoms. The highest BCUT2D eigenvalue weighted by Gasteiger charge is 2.42. The van der Waals surface area contributed by atoms with E-state index in [4.69, 9.17) is 9.84 Å².